The third kappa shape index (κ3) is 3.38. The Kier molecular flexibility index (Phi) is 4.77. The summed E-state index contributed by atoms with van der Waals surface area (Å²) in [6.45, 7) is 1.69. The van der Waals surface area contributed by atoms with Gasteiger partial charge in [0, 0.05) is 32.1 Å². The smallest absolute Gasteiger partial charge is 0.324 e. The van der Waals surface area contributed by atoms with Gasteiger partial charge in [0.15, 0.2) is 0 Å². The van der Waals surface area contributed by atoms with E-state index >= 15 is 0 Å². The van der Waals surface area contributed by atoms with Crippen molar-refractivity contribution in [3.8, 4) is 0 Å². The van der Waals surface area contributed by atoms with Crippen LogP contribution in [0.1, 0.15) is 38.5 Å². The standard InChI is InChI=1S/C19H25N5O2/c25-17(21-14-6-2-1-3-7-14)10-11-20-19(26)24-13-12-23-16-9-5-4-8-15(16)22-18(23)24/h4-5,8-9,14H,1-3,6-7,10-13H2,(H,20,26)(H,21,25). The molecule has 26 heavy (non-hydrogen) atoms. The first kappa shape index (κ1) is 16.9. The van der Waals surface area contributed by atoms with Crippen LogP contribution < -0.4 is 15.5 Å². The molecular weight excluding hydrogens is 330 g/mol. The van der Waals surface area contributed by atoms with Crippen LogP contribution in [0, 0.1) is 0 Å². The van der Waals surface area contributed by atoms with Crippen LogP contribution >= 0.6 is 0 Å². The highest BCUT2D eigenvalue weighted by atomic mass is 16.2. The number of anilines is 1. The Hall–Kier alpha value is -2.57. The van der Waals surface area contributed by atoms with Crippen molar-refractivity contribution in [3.05, 3.63) is 24.3 Å². The monoisotopic (exact) mass is 355 g/mol. The van der Waals surface area contributed by atoms with E-state index in [-0.39, 0.29) is 11.9 Å². The van der Waals surface area contributed by atoms with Crippen molar-refractivity contribution >= 4 is 28.9 Å². The molecule has 7 heteroatoms. The summed E-state index contributed by atoms with van der Waals surface area (Å²) in [5, 5.41) is 5.93. The molecule has 1 aromatic heterocycles. The number of urea groups is 1. The number of fused-ring (bicyclic) bond motifs is 3. The van der Waals surface area contributed by atoms with E-state index in [1.165, 1.54) is 19.3 Å². The Morgan fingerprint density at radius 1 is 1.12 bits per heavy atom. The maximum Gasteiger partial charge on any atom is 0.324 e. The van der Waals surface area contributed by atoms with Crippen molar-refractivity contribution in [2.24, 2.45) is 0 Å². The Morgan fingerprint density at radius 3 is 2.77 bits per heavy atom. The van der Waals surface area contributed by atoms with Crippen LogP contribution in [0.15, 0.2) is 24.3 Å². The van der Waals surface area contributed by atoms with Gasteiger partial charge in [-0.1, -0.05) is 31.4 Å². The first-order chi connectivity index (χ1) is 12.7. The van der Waals surface area contributed by atoms with Gasteiger partial charge in [0.1, 0.15) is 0 Å². The number of rotatable bonds is 4. The van der Waals surface area contributed by atoms with Crippen molar-refractivity contribution in [3.63, 3.8) is 0 Å². The summed E-state index contributed by atoms with van der Waals surface area (Å²) in [6, 6.07) is 8.01. The van der Waals surface area contributed by atoms with Gasteiger partial charge in [0.05, 0.1) is 11.0 Å². The minimum atomic E-state index is -0.190. The van der Waals surface area contributed by atoms with Gasteiger partial charge in [-0.25, -0.2) is 9.78 Å². The van der Waals surface area contributed by atoms with E-state index in [0.29, 0.717) is 31.5 Å². The van der Waals surface area contributed by atoms with Crippen LogP contribution in [0.4, 0.5) is 10.7 Å². The van der Waals surface area contributed by atoms with Crippen molar-refractivity contribution in [1.82, 2.24) is 20.2 Å². The lowest BCUT2D eigenvalue weighted by atomic mass is 9.95. The number of aromatic nitrogens is 2. The number of carbonyl (C=O) groups excluding carboxylic acids is 2. The van der Waals surface area contributed by atoms with Crippen molar-refractivity contribution < 1.29 is 9.59 Å². The fraction of sp³-hybridized carbons (Fsp3) is 0.526. The molecule has 0 spiro atoms. The fourth-order valence-electron chi connectivity index (χ4n) is 3.91. The first-order valence-corrected chi connectivity index (χ1v) is 9.52. The van der Waals surface area contributed by atoms with Crippen LogP contribution in [0.2, 0.25) is 0 Å². The summed E-state index contributed by atoms with van der Waals surface area (Å²) in [4.78, 5) is 30.7. The van der Waals surface area contributed by atoms with E-state index in [2.05, 4.69) is 20.2 Å². The van der Waals surface area contributed by atoms with E-state index in [1.807, 2.05) is 24.3 Å². The molecule has 0 atom stereocenters. The highest BCUT2D eigenvalue weighted by molar-refractivity contribution is 5.94. The second-order valence-corrected chi connectivity index (χ2v) is 7.09. The number of nitrogens with zero attached hydrogens (tertiary/aromatic N) is 3. The zero-order chi connectivity index (χ0) is 17.9. The third-order valence-electron chi connectivity index (χ3n) is 5.27. The van der Waals surface area contributed by atoms with Crippen molar-refractivity contribution in [2.75, 3.05) is 18.0 Å². The zero-order valence-corrected chi connectivity index (χ0v) is 14.9. The van der Waals surface area contributed by atoms with Crippen LogP contribution in [0.3, 0.4) is 0 Å². The zero-order valence-electron chi connectivity index (χ0n) is 14.9. The molecule has 4 rings (SSSR count). The number of carbonyl (C=O) groups is 2. The first-order valence-electron chi connectivity index (χ1n) is 9.52. The molecule has 1 fully saturated rings. The van der Waals surface area contributed by atoms with Crippen LogP contribution in [0.5, 0.6) is 0 Å². The lowest BCUT2D eigenvalue weighted by Gasteiger charge is -2.22. The maximum absolute atomic E-state index is 12.5. The van der Waals surface area contributed by atoms with Gasteiger partial charge in [-0.3, -0.25) is 9.69 Å². The largest absolute Gasteiger partial charge is 0.353 e. The summed E-state index contributed by atoms with van der Waals surface area (Å²) < 4.78 is 2.06. The topological polar surface area (TPSA) is 79.3 Å². The molecule has 7 nitrogen and oxygen atoms in total. The van der Waals surface area contributed by atoms with Gasteiger partial charge >= 0.3 is 6.03 Å². The average Bonchev–Trinajstić information content (AvgIpc) is 3.21. The highest BCUT2D eigenvalue weighted by Gasteiger charge is 2.28. The molecule has 1 aliphatic heterocycles. The SMILES string of the molecule is O=C(CCNC(=O)N1CCn2c1nc1ccccc12)NC1CCCCC1. The minimum absolute atomic E-state index is 0.0193. The predicted molar refractivity (Wildman–Crippen MR) is 100 cm³/mol. The number of amides is 3. The lowest BCUT2D eigenvalue weighted by molar-refractivity contribution is -0.121. The van der Waals surface area contributed by atoms with E-state index in [4.69, 9.17) is 0 Å². The Labute approximate surface area is 152 Å². The summed E-state index contributed by atoms with van der Waals surface area (Å²) in [5.74, 6) is 0.696. The number of hydrogen-bond acceptors (Lipinski definition) is 3. The molecular formula is C19H25N5O2. The third-order valence-corrected chi connectivity index (χ3v) is 5.27. The second kappa shape index (κ2) is 7.35. The molecule has 0 unspecified atom stereocenters. The molecule has 0 saturated heterocycles. The molecule has 138 valence electrons. The van der Waals surface area contributed by atoms with Gasteiger partial charge in [0.25, 0.3) is 0 Å². The highest BCUT2D eigenvalue weighted by Crippen LogP contribution is 2.26. The molecule has 1 saturated carbocycles. The van der Waals surface area contributed by atoms with E-state index in [1.54, 1.807) is 4.90 Å². The van der Waals surface area contributed by atoms with Crippen LogP contribution in [-0.2, 0) is 11.3 Å². The molecule has 3 amide bonds. The Morgan fingerprint density at radius 2 is 1.92 bits per heavy atom. The Bertz CT molecular complexity index is 809. The molecule has 1 aliphatic carbocycles. The van der Waals surface area contributed by atoms with Crippen molar-refractivity contribution in [1.29, 1.82) is 0 Å². The summed E-state index contributed by atoms with van der Waals surface area (Å²) >= 11 is 0. The number of benzene rings is 1. The summed E-state index contributed by atoms with van der Waals surface area (Å²) in [7, 11) is 0. The minimum Gasteiger partial charge on any atom is -0.353 e. The van der Waals surface area contributed by atoms with E-state index in [9.17, 15) is 9.59 Å². The molecule has 1 aromatic carbocycles. The number of imidazole rings is 1. The molecule has 2 N–H and O–H groups in total. The Balaban J connectivity index is 1.29. The average molecular weight is 355 g/mol. The molecule has 0 bridgehead atoms. The number of hydrogen-bond donors (Lipinski definition) is 2. The lowest BCUT2D eigenvalue weighted by Crippen LogP contribution is -2.42. The maximum atomic E-state index is 12.5. The van der Waals surface area contributed by atoms with Crippen LogP contribution in [0.25, 0.3) is 11.0 Å². The molecule has 2 heterocycles. The summed E-state index contributed by atoms with van der Waals surface area (Å²) in [6.07, 6.45) is 6.11. The van der Waals surface area contributed by atoms with Gasteiger partial charge in [0.2, 0.25) is 11.9 Å². The van der Waals surface area contributed by atoms with Crippen molar-refractivity contribution in [2.45, 2.75) is 51.1 Å². The fourth-order valence-corrected chi connectivity index (χ4v) is 3.91. The van der Waals surface area contributed by atoms with E-state index < -0.39 is 0 Å². The second-order valence-electron chi connectivity index (χ2n) is 7.09. The summed E-state index contributed by atoms with van der Waals surface area (Å²) in [5.41, 5.74) is 1.94. The number of nitrogens with one attached hydrogen (secondary N) is 2. The van der Waals surface area contributed by atoms with Gasteiger partial charge in [-0.2, -0.15) is 0 Å². The number of para-hydroxylation sites is 2. The predicted octanol–water partition coefficient (Wildman–Crippen LogP) is 2.40. The van der Waals surface area contributed by atoms with Gasteiger partial charge in [-0.05, 0) is 25.0 Å². The van der Waals surface area contributed by atoms with Crippen LogP contribution in [-0.4, -0.2) is 40.6 Å². The molecule has 2 aliphatic rings. The quantitative estimate of drug-likeness (QED) is 0.884. The van der Waals surface area contributed by atoms with E-state index in [0.717, 1.165) is 30.4 Å². The van der Waals surface area contributed by atoms with Gasteiger partial charge in [-0.15, -0.1) is 0 Å². The molecule has 0 radical (unpaired) electrons. The normalized spacial score (nSPS) is 17.3. The van der Waals surface area contributed by atoms with Gasteiger partial charge < -0.3 is 15.2 Å². The molecule has 2 aromatic rings.